The maximum absolute atomic E-state index is 9.91. The molecule has 1 heterocycles. The lowest BCUT2D eigenvalue weighted by atomic mass is 10.1. The third kappa shape index (κ3) is 5.80. The minimum Gasteiger partial charge on any atom is -0.390 e. The number of hydrogen-bond donors (Lipinski definition) is 2. The van der Waals surface area contributed by atoms with Crippen LogP contribution in [0.2, 0.25) is 0 Å². The molecule has 4 heteroatoms. The third-order valence-electron chi connectivity index (χ3n) is 2.66. The lowest BCUT2D eigenvalue weighted by molar-refractivity contribution is -0.0317. The van der Waals surface area contributed by atoms with Crippen molar-refractivity contribution in [3.05, 3.63) is 0 Å². The number of β-amino-alcohol motifs (C(OH)–C–C–N with tert-alkyl or cyclic N) is 1. The molecular weight excluding hydrogens is 204 g/mol. The van der Waals surface area contributed by atoms with Crippen molar-refractivity contribution in [2.24, 2.45) is 0 Å². The zero-order valence-corrected chi connectivity index (χ0v) is 11.0. The number of nitrogens with zero attached hydrogens (tertiary/aromatic N) is 1. The van der Waals surface area contributed by atoms with E-state index < -0.39 is 0 Å². The highest BCUT2D eigenvalue weighted by Crippen LogP contribution is 2.05. The molecule has 0 bridgehead atoms. The zero-order valence-electron chi connectivity index (χ0n) is 11.0. The minimum absolute atomic E-state index is 0.0687. The summed E-state index contributed by atoms with van der Waals surface area (Å²) in [5.41, 5.74) is 0.0687. The molecule has 0 radical (unpaired) electrons. The number of ether oxygens (including phenoxy) is 1. The van der Waals surface area contributed by atoms with E-state index in [9.17, 15) is 5.11 Å². The molecule has 0 aromatic carbocycles. The molecule has 1 saturated heterocycles. The molecule has 16 heavy (non-hydrogen) atoms. The molecule has 1 aliphatic heterocycles. The quantitative estimate of drug-likeness (QED) is 0.736. The Labute approximate surface area is 99.0 Å². The van der Waals surface area contributed by atoms with Crippen LogP contribution in [0.3, 0.4) is 0 Å². The largest absolute Gasteiger partial charge is 0.390 e. The first-order valence-corrected chi connectivity index (χ1v) is 6.14. The number of aliphatic hydroxyl groups excluding tert-OH is 1. The van der Waals surface area contributed by atoms with Crippen molar-refractivity contribution in [2.75, 3.05) is 32.8 Å². The van der Waals surface area contributed by atoms with E-state index in [0.717, 1.165) is 26.2 Å². The van der Waals surface area contributed by atoms with Crippen LogP contribution in [-0.2, 0) is 4.74 Å². The van der Waals surface area contributed by atoms with Crippen LogP contribution in [0.25, 0.3) is 0 Å². The van der Waals surface area contributed by atoms with Crippen LogP contribution < -0.4 is 5.32 Å². The van der Waals surface area contributed by atoms with Gasteiger partial charge in [-0.1, -0.05) is 0 Å². The first-order chi connectivity index (χ1) is 7.37. The molecule has 0 aromatic rings. The molecule has 2 atom stereocenters. The van der Waals surface area contributed by atoms with Gasteiger partial charge in [0.05, 0.1) is 18.8 Å². The number of hydrogen-bond acceptors (Lipinski definition) is 4. The van der Waals surface area contributed by atoms with Crippen LogP contribution in [-0.4, -0.2) is 60.5 Å². The summed E-state index contributed by atoms with van der Waals surface area (Å²) in [5, 5.41) is 13.2. The summed E-state index contributed by atoms with van der Waals surface area (Å²) in [6.45, 7) is 12.4. The van der Waals surface area contributed by atoms with Gasteiger partial charge in [-0.25, -0.2) is 0 Å². The summed E-state index contributed by atoms with van der Waals surface area (Å²) in [5.74, 6) is 0. The lowest BCUT2D eigenvalue weighted by Crippen LogP contribution is -2.48. The normalized spacial score (nSPS) is 25.7. The summed E-state index contributed by atoms with van der Waals surface area (Å²) in [6, 6.07) is 0. The van der Waals surface area contributed by atoms with Crippen LogP contribution in [0.5, 0.6) is 0 Å². The Balaban J connectivity index is 2.20. The zero-order chi connectivity index (χ0) is 12.2. The van der Waals surface area contributed by atoms with E-state index in [-0.39, 0.29) is 17.7 Å². The van der Waals surface area contributed by atoms with Crippen molar-refractivity contribution in [1.82, 2.24) is 10.2 Å². The van der Waals surface area contributed by atoms with Gasteiger partial charge in [-0.05, 0) is 27.7 Å². The van der Waals surface area contributed by atoms with E-state index in [1.807, 2.05) is 0 Å². The van der Waals surface area contributed by atoms with Crippen LogP contribution in [0.1, 0.15) is 27.7 Å². The van der Waals surface area contributed by atoms with Gasteiger partial charge >= 0.3 is 0 Å². The molecule has 0 aromatic heterocycles. The van der Waals surface area contributed by atoms with E-state index in [4.69, 9.17) is 4.74 Å². The first-order valence-electron chi connectivity index (χ1n) is 6.14. The van der Waals surface area contributed by atoms with Gasteiger partial charge in [0.15, 0.2) is 0 Å². The second kappa shape index (κ2) is 5.96. The molecule has 1 rings (SSSR count). The second-order valence-electron chi connectivity index (χ2n) is 5.73. The summed E-state index contributed by atoms with van der Waals surface area (Å²) in [6.07, 6.45) is -0.0129. The number of aliphatic hydroxyl groups is 1. The third-order valence-corrected chi connectivity index (χ3v) is 2.66. The van der Waals surface area contributed by atoms with E-state index >= 15 is 0 Å². The average Bonchev–Trinajstić information content (AvgIpc) is 2.14. The molecule has 0 saturated carbocycles. The van der Waals surface area contributed by atoms with E-state index in [2.05, 4.69) is 37.9 Å². The van der Waals surface area contributed by atoms with Crippen molar-refractivity contribution in [3.63, 3.8) is 0 Å². The smallest absolute Gasteiger partial charge is 0.0791 e. The van der Waals surface area contributed by atoms with Crippen LogP contribution in [0.15, 0.2) is 0 Å². The Morgan fingerprint density at radius 3 is 2.75 bits per heavy atom. The molecule has 0 aliphatic carbocycles. The number of nitrogens with one attached hydrogen (secondary N) is 1. The van der Waals surface area contributed by atoms with Crippen molar-refractivity contribution in [3.8, 4) is 0 Å². The Morgan fingerprint density at radius 1 is 1.50 bits per heavy atom. The standard InChI is InChI=1S/C12H26N2O2/c1-10-8-14(5-6-16-10)9-11(15)7-13-12(2,3)4/h10-11,13,15H,5-9H2,1-4H3. The Hall–Kier alpha value is -0.160. The van der Waals surface area contributed by atoms with Gasteiger partial charge in [-0.15, -0.1) is 0 Å². The molecule has 0 amide bonds. The molecule has 4 nitrogen and oxygen atoms in total. The molecule has 2 N–H and O–H groups in total. The molecule has 1 aliphatic rings. The van der Waals surface area contributed by atoms with Gasteiger partial charge in [0.25, 0.3) is 0 Å². The fraction of sp³-hybridized carbons (Fsp3) is 1.00. The van der Waals surface area contributed by atoms with Crippen molar-refractivity contribution in [2.45, 2.75) is 45.4 Å². The highest BCUT2D eigenvalue weighted by molar-refractivity contribution is 4.76. The highest BCUT2D eigenvalue weighted by atomic mass is 16.5. The number of morpholine rings is 1. The fourth-order valence-corrected chi connectivity index (χ4v) is 1.84. The Bertz CT molecular complexity index is 204. The Kier molecular flexibility index (Phi) is 5.18. The number of rotatable bonds is 4. The van der Waals surface area contributed by atoms with Gasteiger partial charge in [0.2, 0.25) is 0 Å². The van der Waals surface area contributed by atoms with E-state index in [1.54, 1.807) is 0 Å². The predicted molar refractivity (Wildman–Crippen MR) is 65.6 cm³/mol. The van der Waals surface area contributed by atoms with Crippen molar-refractivity contribution >= 4 is 0 Å². The molecule has 96 valence electrons. The topological polar surface area (TPSA) is 44.7 Å². The first kappa shape index (κ1) is 13.9. The molecule has 1 fully saturated rings. The fourth-order valence-electron chi connectivity index (χ4n) is 1.84. The van der Waals surface area contributed by atoms with Crippen LogP contribution in [0.4, 0.5) is 0 Å². The summed E-state index contributed by atoms with van der Waals surface area (Å²) >= 11 is 0. The Morgan fingerprint density at radius 2 is 2.19 bits per heavy atom. The lowest BCUT2D eigenvalue weighted by Gasteiger charge is -2.33. The van der Waals surface area contributed by atoms with Crippen molar-refractivity contribution < 1.29 is 9.84 Å². The molecular formula is C12H26N2O2. The summed E-state index contributed by atoms with van der Waals surface area (Å²) < 4.78 is 5.46. The minimum atomic E-state index is -0.301. The second-order valence-corrected chi connectivity index (χ2v) is 5.73. The van der Waals surface area contributed by atoms with Gasteiger partial charge in [0.1, 0.15) is 0 Å². The maximum Gasteiger partial charge on any atom is 0.0791 e. The summed E-state index contributed by atoms with van der Waals surface area (Å²) in [4.78, 5) is 2.27. The van der Waals surface area contributed by atoms with Crippen LogP contribution >= 0.6 is 0 Å². The average molecular weight is 230 g/mol. The van der Waals surface area contributed by atoms with E-state index in [1.165, 1.54) is 0 Å². The van der Waals surface area contributed by atoms with Gasteiger partial charge < -0.3 is 15.2 Å². The van der Waals surface area contributed by atoms with Crippen molar-refractivity contribution in [1.29, 1.82) is 0 Å². The van der Waals surface area contributed by atoms with Gasteiger partial charge in [-0.3, -0.25) is 4.90 Å². The van der Waals surface area contributed by atoms with Crippen LogP contribution in [0, 0.1) is 0 Å². The van der Waals surface area contributed by atoms with Gasteiger partial charge in [0, 0.05) is 31.7 Å². The molecule has 0 spiro atoms. The highest BCUT2D eigenvalue weighted by Gasteiger charge is 2.20. The SMILES string of the molecule is CC1CN(CC(O)CNC(C)(C)C)CCO1. The molecule has 2 unspecified atom stereocenters. The van der Waals surface area contributed by atoms with Gasteiger partial charge in [-0.2, -0.15) is 0 Å². The predicted octanol–water partition coefficient (Wildman–Crippen LogP) is 0.456. The summed E-state index contributed by atoms with van der Waals surface area (Å²) in [7, 11) is 0. The maximum atomic E-state index is 9.91. The monoisotopic (exact) mass is 230 g/mol. The van der Waals surface area contributed by atoms with E-state index in [0.29, 0.717) is 6.54 Å².